The molecule has 1 amide bonds. The van der Waals surface area contributed by atoms with Crippen LogP contribution in [-0.2, 0) is 4.79 Å². The zero-order chi connectivity index (χ0) is 11.3. The third-order valence-electron chi connectivity index (χ3n) is 1.90. The van der Waals surface area contributed by atoms with Crippen LogP contribution in [0.25, 0.3) is 0 Å². The van der Waals surface area contributed by atoms with Crippen molar-refractivity contribution in [3.63, 3.8) is 0 Å². The molecule has 0 aliphatic heterocycles. The van der Waals surface area contributed by atoms with Gasteiger partial charge in [-0.15, -0.1) is 0 Å². The van der Waals surface area contributed by atoms with Gasteiger partial charge in [0.05, 0.1) is 5.69 Å². The summed E-state index contributed by atoms with van der Waals surface area (Å²) in [5.74, 6) is -0.406. The van der Waals surface area contributed by atoms with Crippen molar-refractivity contribution in [3.8, 4) is 0 Å². The minimum Gasteiger partial charge on any atom is -0.381 e. The molecule has 2 N–H and O–H groups in total. The van der Waals surface area contributed by atoms with E-state index < -0.39 is 0 Å². The average Bonchev–Trinajstić information content (AvgIpc) is 2.22. The molecule has 0 aliphatic carbocycles. The topological polar surface area (TPSA) is 41.1 Å². The Bertz CT molecular complexity index is 337. The van der Waals surface area contributed by atoms with E-state index in [1.54, 1.807) is 19.2 Å². The monoisotopic (exact) mass is 274 g/mol. The average molecular weight is 275 g/mol. The van der Waals surface area contributed by atoms with Crippen LogP contribution in [0.15, 0.2) is 22.7 Å². The van der Waals surface area contributed by atoms with Gasteiger partial charge in [-0.2, -0.15) is 0 Å². The van der Waals surface area contributed by atoms with Crippen molar-refractivity contribution in [3.05, 3.63) is 28.5 Å². The van der Waals surface area contributed by atoms with Crippen molar-refractivity contribution in [2.75, 3.05) is 18.9 Å². The fraction of sp³-hybridized carbons (Fsp3) is 0.300. The largest absolute Gasteiger partial charge is 0.381 e. The number of halogens is 2. The van der Waals surface area contributed by atoms with Gasteiger partial charge in [-0.3, -0.25) is 4.79 Å². The number of hydrogen-bond acceptors (Lipinski definition) is 2. The van der Waals surface area contributed by atoms with Crippen LogP contribution < -0.4 is 10.6 Å². The molecule has 15 heavy (non-hydrogen) atoms. The van der Waals surface area contributed by atoms with Crippen molar-refractivity contribution < 1.29 is 9.18 Å². The van der Waals surface area contributed by atoms with Gasteiger partial charge in [0.1, 0.15) is 5.82 Å². The minimum atomic E-state index is -0.332. The molecular formula is C10H12BrFN2O. The van der Waals surface area contributed by atoms with Crippen LogP contribution in [0.3, 0.4) is 0 Å². The number of rotatable bonds is 4. The lowest BCUT2D eigenvalue weighted by Crippen LogP contribution is -2.21. The number of para-hydroxylation sites is 1. The highest BCUT2D eigenvalue weighted by Gasteiger charge is 2.05. The summed E-state index contributed by atoms with van der Waals surface area (Å²) in [6.45, 7) is 0.402. The molecule has 0 bridgehead atoms. The summed E-state index contributed by atoms with van der Waals surface area (Å²) >= 11 is 3.23. The second kappa shape index (κ2) is 5.70. The molecule has 1 rings (SSSR count). The smallest absolute Gasteiger partial charge is 0.221 e. The van der Waals surface area contributed by atoms with E-state index >= 15 is 0 Å². The molecule has 5 heteroatoms. The van der Waals surface area contributed by atoms with Crippen LogP contribution in [0.1, 0.15) is 6.42 Å². The third-order valence-corrected chi connectivity index (χ3v) is 2.56. The molecule has 0 radical (unpaired) electrons. The summed E-state index contributed by atoms with van der Waals surface area (Å²) in [5, 5.41) is 5.36. The Kier molecular flexibility index (Phi) is 4.55. The van der Waals surface area contributed by atoms with Crippen molar-refractivity contribution in [1.29, 1.82) is 0 Å². The maximum atomic E-state index is 13.3. The van der Waals surface area contributed by atoms with Gasteiger partial charge in [-0.25, -0.2) is 4.39 Å². The van der Waals surface area contributed by atoms with E-state index in [9.17, 15) is 9.18 Å². The highest BCUT2D eigenvalue weighted by atomic mass is 79.9. The fourth-order valence-electron chi connectivity index (χ4n) is 1.09. The highest BCUT2D eigenvalue weighted by molar-refractivity contribution is 9.10. The number of anilines is 1. The molecule has 0 unspecified atom stereocenters. The summed E-state index contributed by atoms with van der Waals surface area (Å²) in [5.41, 5.74) is 0.390. The minimum absolute atomic E-state index is 0.0741. The second-order valence-electron chi connectivity index (χ2n) is 2.95. The summed E-state index contributed by atoms with van der Waals surface area (Å²) < 4.78 is 13.9. The van der Waals surface area contributed by atoms with Crippen LogP contribution in [-0.4, -0.2) is 19.5 Å². The molecular weight excluding hydrogens is 263 g/mol. The van der Waals surface area contributed by atoms with E-state index in [0.29, 0.717) is 23.1 Å². The Morgan fingerprint density at radius 1 is 1.53 bits per heavy atom. The first-order valence-electron chi connectivity index (χ1n) is 4.53. The van der Waals surface area contributed by atoms with E-state index in [1.807, 2.05) is 0 Å². The second-order valence-corrected chi connectivity index (χ2v) is 3.80. The first-order chi connectivity index (χ1) is 7.15. The van der Waals surface area contributed by atoms with E-state index in [2.05, 4.69) is 26.6 Å². The fourth-order valence-corrected chi connectivity index (χ4v) is 1.57. The molecule has 82 valence electrons. The first-order valence-corrected chi connectivity index (χ1v) is 5.33. The number of amides is 1. The van der Waals surface area contributed by atoms with Crippen molar-refractivity contribution in [2.45, 2.75) is 6.42 Å². The predicted molar refractivity (Wildman–Crippen MR) is 61.3 cm³/mol. The van der Waals surface area contributed by atoms with Gasteiger partial charge in [0, 0.05) is 24.5 Å². The van der Waals surface area contributed by atoms with Crippen LogP contribution >= 0.6 is 15.9 Å². The summed E-state index contributed by atoms with van der Waals surface area (Å²) in [6.07, 6.45) is 0.317. The van der Waals surface area contributed by atoms with Gasteiger partial charge < -0.3 is 10.6 Å². The van der Waals surface area contributed by atoms with Crippen LogP contribution in [0.2, 0.25) is 0 Å². The van der Waals surface area contributed by atoms with Gasteiger partial charge in [0.25, 0.3) is 0 Å². The van der Waals surface area contributed by atoms with Crippen molar-refractivity contribution in [2.24, 2.45) is 0 Å². The highest BCUT2D eigenvalue weighted by Crippen LogP contribution is 2.24. The molecule has 0 heterocycles. The van der Waals surface area contributed by atoms with E-state index in [4.69, 9.17) is 0 Å². The molecule has 0 spiro atoms. The van der Waals surface area contributed by atoms with Gasteiger partial charge in [0.15, 0.2) is 0 Å². The quantitative estimate of drug-likeness (QED) is 0.883. The zero-order valence-corrected chi connectivity index (χ0v) is 9.90. The maximum Gasteiger partial charge on any atom is 0.221 e. The Morgan fingerprint density at radius 3 is 2.87 bits per heavy atom. The standard InChI is InChI=1S/C10H12BrFN2O/c1-13-9(15)5-6-14-10-7(11)3-2-4-8(10)12/h2-4,14H,5-6H2,1H3,(H,13,15). The Hall–Kier alpha value is -1.10. The molecule has 0 aliphatic rings. The lowest BCUT2D eigenvalue weighted by molar-refractivity contribution is -0.120. The van der Waals surface area contributed by atoms with Gasteiger partial charge in [0.2, 0.25) is 5.91 Å². The van der Waals surface area contributed by atoms with Crippen LogP contribution in [0, 0.1) is 5.82 Å². The predicted octanol–water partition coefficient (Wildman–Crippen LogP) is 2.14. The molecule has 1 aromatic carbocycles. The molecule has 0 atom stereocenters. The first kappa shape index (κ1) is 12.0. The van der Waals surface area contributed by atoms with Gasteiger partial charge in [-0.05, 0) is 28.1 Å². The van der Waals surface area contributed by atoms with E-state index in [-0.39, 0.29) is 11.7 Å². The van der Waals surface area contributed by atoms with Crippen LogP contribution in [0.4, 0.5) is 10.1 Å². The van der Waals surface area contributed by atoms with Crippen molar-refractivity contribution in [1.82, 2.24) is 5.32 Å². The molecule has 0 saturated heterocycles. The normalized spacial score (nSPS) is 9.80. The molecule has 0 aromatic heterocycles. The molecule has 0 saturated carbocycles. The maximum absolute atomic E-state index is 13.3. The van der Waals surface area contributed by atoms with Gasteiger partial charge in [-0.1, -0.05) is 6.07 Å². The zero-order valence-electron chi connectivity index (χ0n) is 8.31. The molecule has 1 aromatic rings. The SMILES string of the molecule is CNC(=O)CCNc1c(F)cccc1Br. The summed E-state index contributed by atoms with van der Waals surface area (Å²) in [6, 6.07) is 4.72. The van der Waals surface area contributed by atoms with Crippen LogP contribution in [0.5, 0.6) is 0 Å². The van der Waals surface area contributed by atoms with E-state index in [0.717, 1.165) is 0 Å². The Labute approximate surface area is 96.2 Å². The number of hydrogen-bond donors (Lipinski definition) is 2. The van der Waals surface area contributed by atoms with Gasteiger partial charge >= 0.3 is 0 Å². The third kappa shape index (κ3) is 3.51. The number of carbonyl (C=O) groups is 1. The number of nitrogens with one attached hydrogen (secondary N) is 2. The Balaban J connectivity index is 2.54. The molecule has 3 nitrogen and oxygen atoms in total. The number of benzene rings is 1. The Morgan fingerprint density at radius 2 is 2.27 bits per heavy atom. The lowest BCUT2D eigenvalue weighted by atomic mass is 10.3. The van der Waals surface area contributed by atoms with E-state index in [1.165, 1.54) is 6.07 Å². The summed E-state index contributed by atoms with van der Waals surface area (Å²) in [4.78, 5) is 10.9. The molecule has 0 fully saturated rings. The van der Waals surface area contributed by atoms with Crippen molar-refractivity contribution >= 4 is 27.5 Å². The summed E-state index contributed by atoms with van der Waals surface area (Å²) in [7, 11) is 1.57. The lowest BCUT2D eigenvalue weighted by Gasteiger charge is -2.08. The number of carbonyl (C=O) groups excluding carboxylic acids is 1.